The number of pyridine rings is 1. The van der Waals surface area contributed by atoms with E-state index in [-0.39, 0.29) is 24.0 Å². The average Bonchev–Trinajstić information content (AvgIpc) is 3.16. The number of ketones is 1. The highest BCUT2D eigenvalue weighted by molar-refractivity contribution is 6.07. The summed E-state index contributed by atoms with van der Waals surface area (Å²) < 4.78 is 0. The zero-order chi connectivity index (χ0) is 29.9. The van der Waals surface area contributed by atoms with Crippen LogP contribution in [0.15, 0.2) is 77.6 Å². The average molecular weight is 566 g/mol. The number of fused-ring (bicyclic) bond motifs is 1. The Labute approximate surface area is 247 Å². The van der Waals surface area contributed by atoms with Gasteiger partial charge in [0.2, 0.25) is 5.91 Å². The largest absolute Gasteiger partial charge is 0.387 e. The molecule has 2 heterocycles. The lowest BCUT2D eigenvalue weighted by Gasteiger charge is -2.22. The first-order valence-corrected chi connectivity index (χ1v) is 14.6. The van der Waals surface area contributed by atoms with Crippen molar-refractivity contribution in [2.75, 3.05) is 18.4 Å². The molecule has 1 aliphatic heterocycles. The van der Waals surface area contributed by atoms with Crippen molar-refractivity contribution in [3.63, 3.8) is 0 Å². The number of amidine groups is 1. The maximum absolute atomic E-state index is 13.2. The SMILES string of the molecule is CCCN(CCC)C(=O)C1=Cc2ccc(C(=O)Nc3cncc(CCC(=O)CCc4ccccc4)c3)cc2N=C(N)C1. The van der Waals surface area contributed by atoms with Crippen molar-refractivity contribution in [1.29, 1.82) is 0 Å². The first-order chi connectivity index (χ1) is 20.4. The second-order valence-electron chi connectivity index (χ2n) is 10.6. The summed E-state index contributed by atoms with van der Waals surface area (Å²) in [5.74, 6) is 0.178. The Bertz CT molecular complexity index is 1470. The number of anilines is 1. The van der Waals surface area contributed by atoms with E-state index in [2.05, 4.69) is 29.1 Å². The predicted molar refractivity (Wildman–Crippen MR) is 168 cm³/mol. The number of Topliss-reactive ketones (excluding diaryl/α,β-unsaturated/α-hetero) is 1. The van der Waals surface area contributed by atoms with Crippen molar-refractivity contribution < 1.29 is 14.4 Å². The quantitative estimate of drug-likeness (QED) is 0.268. The standard InChI is InChI=1S/C34H39N5O3/c1-3-16-39(17-4-2)34(42)28-19-26-12-13-27(20-31(26)38-32(35)21-28)33(41)37-29-18-25(22-36-23-29)11-15-30(40)14-10-24-8-6-5-7-9-24/h5-9,12-13,18-20,22-23H,3-4,10-11,14-17,21H2,1-2H3,(H2,35,38)(H,37,41). The van der Waals surface area contributed by atoms with Gasteiger partial charge in [-0.15, -0.1) is 0 Å². The van der Waals surface area contributed by atoms with Gasteiger partial charge in [0.1, 0.15) is 11.6 Å². The molecule has 8 nitrogen and oxygen atoms in total. The van der Waals surface area contributed by atoms with E-state index in [4.69, 9.17) is 5.73 Å². The molecule has 0 radical (unpaired) electrons. The Hall–Kier alpha value is -4.59. The van der Waals surface area contributed by atoms with Crippen molar-refractivity contribution in [2.24, 2.45) is 10.7 Å². The molecule has 1 aromatic heterocycles. The number of hydrogen-bond donors (Lipinski definition) is 2. The van der Waals surface area contributed by atoms with E-state index in [0.29, 0.717) is 60.7 Å². The van der Waals surface area contributed by atoms with Gasteiger partial charge >= 0.3 is 0 Å². The summed E-state index contributed by atoms with van der Waals surface area (Å²) in [5.41, 5.74) is 11.1. The Balaban J connectivity index is 1.40. The van der Waals surface area contributed by atoms with Crippen LogP contribution in [0.4, 0.5) is 11.4 Å². The lowest BCUT2D eigenvalue weighted by Crippen LogP contribution is -2.34. The van der Waals surface area contributed by atoms with Crippen LogP contribution in [0.25, 0.3) is 6.08 Å². The van der Waals surface area contributed by atoms with E-state index in [1.807, 2.05) is 47.4 Å². The highest BCUT2D eigenvalue weighted by Gasteiger charge is 2.21. The molecule has 0 bridgehead atoms. The highest BCUT2D eigenvalue weighted by atomic mass is 16.2. The number of nitrogens with one attached hydrogen (secondary N) is 1. The Morgan fingerprint density at radius 2 is 1.62 bits per heavy atom. The van der Waals surface area contributed by atoms with Crippen molar-refractivity contribution >= 4 is 40.9 Å². The van der Waals surface area contributed by atoms with Crippen LogP contribution in [0, 0.1) is 0 Å². The number of aryl methyl sites for hydroxylation is 2. The smallest absolute Gasteiger partial charge is 0.255 e. The van der Waals surface area contributed by atoms with E-state index >= 15 is 0 Å². The number of nitrogens with two attached hydrogens (primary N) is 1. The second-order valence-corrected chi connectivity index (χ2v) is 10.6. The van der Waals surface area contributed by atoms with E-state index < -0.39 is 0 Å². The third-order valence-electron chi connectivity index (χ3n) is 7.09. The Morgan fingerprint density at radius 1 is 0.905 bits per heavy atom. The molecule has 4 rings (SSSR count). The van der Waals surface area contributed by atoms with Crippen molar-refractivity contribution in [3.05, 3.63) is 94.8 Å². The topological polar surface area (TPSA) is 118 Å². The maximum atomic E-state index is 13.2. The molecule has 0 spiro atoms. The molecule has 8 heteroatoms. The number of amides is 2. The van der Waals surface area contributed by atoms with Gasteiger partial charge in [-0.05, 0) is 61.1 Å². The molecule has 42 heavy (non-hydrogen) atoms. The van der Waals surface area contributed by atoms with Crippen molar-refractivity contribution in [3.8, 4) is 0 Å². The van der Waals surface area contributed by atoms with E-state index in [0.717, 1.165) is 36.0 Å². The molecular weight excluding hydrogens is 526 g/mol. The minimum atomic E-state index is -0.314. The lowest BCUT2D eigenvalue weighted by molar-refractivity contribution is -0.127. The van der Waals surface area contributed by atoms with Gasteiger partial charge in [0.05, 0.1) is 17.6 Å². The number of aromatic nitrogens is 1. The molecule has 218 valence electrons. The van der Waals surface area contributed by atoms with Gasteiger partial charge in [0.15, 0.2) is 0 Å². The minimum Gasteiger partial charge on any atom is -0.387 e. The van der Waals surface area contributed by atoms with Gasteiger partial charge in [-0.25, -0.2) is 4.99 Å². The van der Waals surface area contributed by atoms with Gasteiger partial charge in [-0.2, -0.15) is 0 Å². The summed E-state index contributed by atoms with van der Waals surface area (Å²) in [6, 6.07) is 17.0. The maximum Gasteiger partial charge on any atom is 0.255 e. The number of benzene rings is 2. The monoisotopic (exact) mass is 565 g/mol. The van der Waals surface area contributed by atoms with Gasteiger partial charge in [-0.3, -0.25) is 19.4 Å². The molecular formula is C34H39N5O3. The van der Waals surface area contributed by atoms with Crippen LogP contribution in [-0.2, 0) is 22.4 Å². The summed E-state index contributed by atoms with van der Waals surface area (Å²) in [5, 5.41) is 2.89. The lowest BCUT2D eigenvalue weighted by atomic mass is 10.0. The van der Waals surface area contributed by atoms with Crippen molar-refractivity contribution in [1.82, 2.24) is 9.88 Å². The number of nitrogens with zero attached hydrogens (tertiary/aromatic N) is 3. The zero-order valence-electron chi connectivity index (χ0n) is 24.4. The van der Waals surface area contributed by atoms with Gasteiger partial charge in [0, 0.05) is 55.2 Å². The molecule has 1 aliphatic rings. The molecule has 2 aromatic carbocycles. The van der Waals surface area contributed by atoms with Crippen LogP contribution in [0.3, 0.4) is 0 Å². The minimum absolute atomic E-state index is 0.0307. The number of rotatable bonds is 13. The Morgan fingerprint density at radius 3 is 2.33 bits per heavy atom. The Kier molecular flexibility index (Phi) is 10.8. The number of carbonyl (C=O) groups excluding carboxylic acids is 3. The molecule has 2 amide bonds. The van der Waals surface area contributed by atoms with Gasteiger partial charge in [-0.1, -0.05) is 50.2 Å². The van der Waals surface area contributed by atoms with Crippen LogP contribution in [0.1, 0.15) is 73.0 Å². The van der Waals surface area contributed by atoms with Crippen LogP contribution in [-0.4, -0.2) is 46.4 Å². The molecule has 0 unspecified atom stereocenters. The summed E-state index contributed by atoms with van der Waals surface area (Å²) in [7, 11) is 0. The van der Waals surface area contributed by atoms with E-state index in [9.17, 15) is 14.4 Å². The normalized spacial score (nSPS) is 12.4. The molecule has 0 atom stereocenters. The molecule has 3 N–H and O–H groups in total. The van der Waals surface area contributed by atoms with Crippen molar-refractivity contribution in [2.45, 2.75) is 58.8 Å². The van der Waals surface area contributed by atoms with Gasteiger partial charge in [0.25, 0.3) is 5.91 Å². The summed E-state index contributed by atoms with van der Waals surface area (Å²) in [4.78, 5) is 49.4. The first-order valence-electron chi connectivity index (χ1n) is 14.6. The van der Waals surface area contributed by atoms with E-state index in [1.165, 1.54) is 0 Å². The fourth-order valence-electron chi connectivity index (χ4n) is 4.96. The third-order valence-corrected chi connectivity index (χ3v) is 7.09. The molecule has 0 saturated carbocycles. The summed E-state index contributed by atoms with van der Waals surface area (Å²) >= 11 is 0. The fourth-order valence-corrected chi connectivity index (χ4v) is 4.96. The number of hydrogen-bond acceptors (Lipinski definition) is 6. The fraction of sp³-hybridized carbons (Fsp3) is 0.324. The number of aliphatic imine (C=N–C) groups is 1. The third kappa shape index (κ3) is 8.46. The molecule has 0 fully saturated rings. The zero-order valence-corrected chi connectivity index (χ0v) is 24.4. The number of carbonyl (C=O) groups is 3. The predicted octanol–water partition coefficient (Wildman–Crippen LogP) is 5.89. The first kappa shape index (κ1) is 30.4. The van der Waals surface area contributed by atoms with E-state index in [1.54, 1.807) is 30.6 Å². The van der Waals surface area contributed by atoms with Crippen LogP contribution in [0.5, 0.6) is 0 Å². The van der Waals surface area contributed by atoms with Crippen LogP contribution < -0.4 is 11.1 Å². The van der Waals surface area contributed by atoms with Crippen LogP contribution >= 0.6 is 0 Å². The molecule has 0 aliphatic carbocycles. The van der Waals surface area contributed by atoms with Crippen LogP contribution in [0.2, 0.25) is 0 Å². The van der Waals surface area contributed by atoms with Gasteiger partial charge < -0.3 is 16.0 Å². The highest BCUT2D eigenvalue weighted by Crippen LogP contribution is 2.29. The molecule has 3 aromatic rings. The second kappa shape index (κ2) is 14.9. The summed E-state index contributed by atoms with van der Waals surface area (Å²) in [6.45, 7) is 5.48. The summed E-state index contributed by atoms with van der Waals surface area (Å²) in [6.07, 6.45) is 9.34. The molecule has 0 saturated heterocycles.